The van der Waals surface area contributed by atoms with Crippen LogP contribution in [0.5, 0.6) is 0 Å². The molecule has 0 spiro atoms. The first-order valence-corrected chi connectivity index (χ1v) is 8.69. The molecule has 2 N–H and O–H groups in total. The zero-order chi connectivity index (χ0) is 16.9. The van der Waals surface area contributed by atoms with Crippen molar-refractivity contribution < 1.29 is 14.0 Å². The van der Waals surface area contributed by atoms with E-state index in [1.807, 2.05) is 0 Å². The van der Waals surface area contributed by atoms with Gasteiger partial charge in [-0.3, -0.25) is 9.59 Å². The Bertz CT molecular complexity index is 590. The van der Waals surface area contributed by atoms with Gasteiger partial charge >= 0.3 is 0 Å². The Hall–Kier alpha value is -1.66. The van der Waals surface area contributed by atoms with Gasteiger partial charge in [-0.25, -0.2) is 4.39 Å². The summed E-state index contributed by atoms with van der Waals surface area (Å²) in [5.74, 6) is -0.627. The van der Waals surface area contributed by atoms with Crippen LogP contribution in [0.3, 0.4) is 0 Å². The summed E-state index contributed by atoms with van der Waals surface area (Å²) in [6.45, 7) is 2.75. The van der Waals surface area contributed by atoms with Gasteiger partial charge in [0.15, 0.2) is 0 Å². The van der Waals surface area contributed by atoms with Crippen molar-refractivity contribution in [1.29, 1.82) is 0 Å². The fraction of sp³-hybridized carbons (Fsp3) is 0.556. The highest BCUT2D eigenvalue weighted by atomic mass is 35.5. The monoisotopic (exact) mass is 369 g/mol. The first-order chi connectivity index (χ1) is 11.6. The number of amides is 2. The van der Waals surface area contributed by atoms with Gasteiger partial charge in [0.2, 0.25) is 5.91 Å². The Labute approximate surface area is 153 Å². The molecule has 0 aliphatic carbocycles. The van der Waals surface area contributed by atoms with Crippen molar-refractivity contribution in [3.63, 3.8) is 0 Å². The molecule has 5 nitrogen and oxygen atoms in total. The van der Waals surface area contributed by atoms with Crippen molar-refractivity contribution in [2.45, 2.75) is 31.7 Å². The molecule has 7 heteroatoms. The van der Waals surface area contributed by atoms with Crippen LogP contribution in [0.2, 0.25) is 0 Å². The maximum absolute atomic E-state index is 13.0. The van der Waals surface area contributed by atoms with Gasteiger partial charge in [0.1, 0.15) is 5.82 Å². The van der Waals surface area contributed by atoms with Gasteiger partial charge < -0.3 is 15.5 Å². The van der Waals surface area contributed by atoms with Gasteiger partial charge in [0.25, 0.3) is 5.91 Å². The molecule has 2 heterocycles. The lowest BCUT2D eigenvalue weighted by Gasteiger charge is -2.32. The third kappa shape index (κ3) is 5.16. The highest BCUT2D eigenvalue weighted by Gasteiger charge is 2.29. The number of likely N-dealkylation sites (tertiary alicyclic amines) is 1. The molecule has 2 saturated heterocycles. The zero-order valence-corrected chi connectivity index (χ0v) is 15.0. The lowest BCUT2D eigenvalue weighted by atomic mass is 9.96. The molecule has 0 bridgehead atoms. The first-order valence-electron chi connectivity index (χ1n) is 8.69. The Morgan fingerprint density at radius 1 is 1.20 bits per heavy atom. The number of halogens is 2. The molecule has 138 valence electrons. The van der Waals surface area contributed by atoms with E-state index in [2.05, 4.69) is 10.6 Å². The smallest absolute Gasteiger partial charge is 0.253 e. The molecule has 0 radical (unpaired) electrons. The summed E-state index contributed by atoms with van der Waals surface area (Å²) in [7, 11) is 0. The topological polar surface area (TPSA) is 61.4 Å². The SMILES string of the molecule is Cl.O=C(NCC1CCCN1)C1CCCN(C(=O)c2ccc(F)cc2)C1. The minimum Gasteiger partial charge on any atom is -0.354 e. The largest absolute Gasteiger partial charge is 0.354 e. The fourth-order valence-electron chi connectivity index (χ4n) is 3.45. The van der Waals surface area contributed by atoms with E-state index in [1.165, 1.54) is 24.3 Å². The van der Waals surface area contributed by atoms with Crippen LogP contribution in [0.4, 0.5) is 4.39 Å². The van der Waals surface area contributed by atoms with E-state index in [0.29, 0.717) is 31.2 Å². The van der Waals surface area contributed by atoms with Crippen molar-refractivity contribution in [2.24, 2.45) is 5.92 Å². The molecule has 2 fully saturated rings. The number of nitrogens with one attached hydrogen (secondary N) is 2. The van der Waals surface area contributed by atoms with Crippen LogP contribution in [0.15, 0.2) is 24.3 Å². The molecular weight excluding hydrogens is 345 g/mol. The summed E-state index contributed by atoms with van der Waals surface area (Å²) < 4.78 is 13.0. The fourth-order valence-corrected chi connectivity index (χ4v) is 3.45. The van der Waals surface area contributed by atoms with Crippen molar-refractivity contribution in [3.05, 3.63) is 35.6 Å². The molecule has 2 amide bonds. The van der Waals surface area contributed by atoms with Crippen LogP contribution < -0.4 is 10.6 Å². The molecule has 2 unspecified atom stereocenters. The normalized spacial score (nSPS) is 23.0. The van der Waals surface area contributed by atoms with Crippen molar-refractivity contribution in [1.82, 2.24) is 15.5 Å². The van der Waals surface area contributed by atoms with Gasteiger partial charge in [-0.2, -0.15) is 0 Å². The van der Waals surface area contributed by atoms with Crippen LogP contribution in [0.1, 0.15) is 36.0 Å². The molecule has 3 rings (SSSR count). The number of piperidine rings is 1. The van der Waals surface area contributed by atoms with Crippen LogP contribution in [-0.4, -0.2) is 48.9 Å². The van der Waals surface area contributed by atoms with Gasteiger partial charge in [0, 0.05) is 31.2 Å². The van der Waals surface area contributed by atoms with Crippen molar-refractivity contribution in [3.8, 4) is 0 Å². The Morgan fingerprint density at radius 2 is 1.96 bits per heavy atom. The minimum atomic E-state index is -0.358. The number of rotatable bonds is 4. The minimum absolute atomic E-state index is 0. The van der Waals surface area contributed by atoms with E-state index in [0.717, 1.165) is 32.2 Å². The number of carbonyl (C=O) groups excluding carboxylic acids is 2. The lowest BCUT2D eigenvalue weighted by molar-refractivity contribution is -0.126. The van der Waals surface area contributed by atoms with E-state index in [9.17, 15) is 14.0 Å². The predicted molar refractivity (Wildman–Crippen MR) is 96.3 cm³/mol. The van der Waals surface area contributed by atoms with Gasteiger partial charge in [-0.15, -0.1) is 12.4 Å². The van der Waals surface area contributed by atoms with Gasteiger partial charge in [-0.05, 0) is 56.5 Å². The molecular formula is C18H25ClFN3O2. The van der Waals surface area contributed by atoms with E-state index in [4.69, 9.17) is 0 Å². The maximum Gasteiger partial charge on any atom is 0.253 e. The average Bonchev–Trinajstić information content (AvgIpc) is 3.13. The molecule has 2 atom stereocenters. The highest BCUT2D eigenvalue weighted by Crippen LogP contribution is 2.19. The summed E-state index contributed by atoms with van der Waals surface area (Å²) in [4.78, 5) is 26.6. The second kappa shape index (κ2) is 9.15. The summed E-state index contributed by atoms with van der Waals surface area (Å²) in [5, 5.41) is 6.37. The summed E-state index contributed by atoms with van der Waals surface area (Å²) in [6.07, 6.45) is 3.87. The molecule has 0 aromatic heterocycles. The molecule has 1 aromatic rings. The van der Waals surface area contributed by atoms with Crippen molar-refractivity contribution >= 4 is 24.2 Å². The summed E-state index contributed by atoms with van der Waals surface area (Å²) in [5.41, 5.74) is 0.465. The zero-order valence-electron chi connectivity index (χ0n) is 14.2. The summed E-state index contributed by atoms with van der Waals surface area (Å²) in [6, 6.07) is 5.93. The highest BCUT2D eigenvalue weighted by molar-refractivity contribution is 5.94. The average molecular weight is 370 g/mol. The molecule has 0 saturated carbocycles. The van der Waals surface area contributed by atoms with E-state index < -0.39 is 0 Å². The van der Waals surface area contributed by atoms with E-state index >= 15 is 0 Å². The standard InChI is InChI=1S/C18H24FN3O2.ClH/c19-15-7-5-13(6-8-15)18(24)22-10-2-3-14(12-22)17(23)21-11-16-4-1-9-20-16;/h5-8,14,16,20H,1-4,9-12H2,(H,21,23);1H. The van der Waals surface area contributed by atoms with E-state index in [1.54, 1.807) is 4.90 Å². The number of carbonyl (C=O) groups is 2. The molecule has 2 aliphatic heterocycles. The Balaban J connectivity index is 0.00000225. The number of benzene rings is 1. The number of nitrogens with zero attached hydrogens (tertiary/aromatic N) is 1. The van der Waals surface area contributed by atoms with Gasteiger partial charge in [0.05, 0.1) is 5.92 Å². The molecule has 1 aromatic carbocycles. The van der Waals surface area contributed by atoms with Crippen LogP contribution in [-0.2, 0) is 4.79 Å². The van der Waals surface area contributed by atoms with Crippen LogP contribution >= 0.6 is 12.4 Å². The van der Waals surface area contributed by atoms with Gasteiger partial charge in [-0.1, -0.05) is 0 Å². The number of hydrogen-bond acceptors (Lipinski definition) is 3. The van der Waals surface area contributed by atoms with Crippen LogP contribution in [0, 0.1) is 11.7 Å². The quantitative estimate of drug-likeness (QED) is 0.853. The molecule has 25 heavy (non-hydrogen) atoms. The summed E-state index contributed by atoms with van der Waals surface area (Å²) >= 11 is 0. The first kappa shape index (κ1) is 19.7. The third-order valence-electron chi connectivity index (χ3n) is 4.86. The second-order valence-corrected chi connectivity index (χ2v) is 6.64. The van der Waals surface area contributed by atoms with E-state index in [-0.39, 0.29) is 36.0 Å². The third-order valence-corrected chi connectivity index (χ3v) is 4.86. The number of hydrogen-bond donors (Lipinski definition) is 2. The Kier molecular flexibility index (Phi) is 7.20. The lowest BCUT2D eigenvalue weighted by Crippen LogP contribution is -2.47. The van der Waals surface area contributed by atoms with Crippen molar-refractivity contribution in [2.75, 3.05) is 26.2 Å². The predicted octanol–water partition coefficient (Wildman–Crippen LogP) is 1.97. The maximum atomic E-state index is 13.0. The van der Waals surface area contributed by atoms with Crippen LogP contribution in [0.25, 0.3) is 0 Å². The Morgan fingerprint density at radius 3 is 2.64 bits per heavy atom. The molecule has 2 aliphatic rings. The second-order valence-electron chi connectivity index (χ2n) is 6.64.